The van der Waals surface area contributed by atoms with Gasteiger partial charge in [-0.25, -0.2) is 0 Å². The van der Waals surface area contributed by atoms with Gasteiger partial charge in [0.25, 0.3) is 0 Å². The number of hydrogen-bond acceptors (Lipinski definition) is 2. The molecule has 0 amide bonds. The van der Waals surface area contributed by atoms with E-state index < -0.39 is 6.10 Å². The van der Waals surface area contributed by atoms with Gasteiger partial charge in [-0.15, -0.1) is 0 Å². The fourth-order valence-electron chi connectivity index (χ4n) is 1.35. The molecule has 0 saturated carbocycles. The van der Waals surface area contributed by atoms with E-state index in [0.29, 0.717) is 5.33 Å². The van der Waals surface area contributed by atoms with E-state index in [-0.39, 0.29) is 0 Å². The first-order valence-electron chi connectivity index (χ1n) is 4.63. The largest absolute Gasteiger partial charge is 0.496 e. The van der Waals surface area contributed by atoms with Crippen LogP contribution in [0.1, 0.15) is 24.2 Å². The van der Waals surface area contributed by atoms with E-state index in [1.54, 1.807) is 7.11 Å². The number of rotatable bonds is 4. The van der Waals surface area contributed by atoms with Crippen LogP contribution in [0.15, 0.2) is 18.2 Å². The summed E-state index contributed by atoms with van der Waals surface area (Å²) in [7, 11) is 1.62. The Morgan fingerprint density at radius 2 is 2.21 bits per heavy atom. The van der Waals surface area contributed by atoms with Gasteiger partial charge in [0.15, 0.2) is 0 Å². The van der Waals surface area contributed by atoms with E-state index in [2.05, 4.69) is 22.9 Å². The van der Waals surface area contributed by atoms with Gasteiger partial charge in [0.05, 0.1) is 13.2 Å². The van der Waals surface area contributed by atoms with Gasteiger partial charge in [-0.05, 0) is 24.1 Å². The molecule has 0 spiro atoms. The first-order chi connectivity index (χ1) is 6.72. The molecule has 1 aromatic rings. The van der Waals surface area contributed by atoms with Crippen LogP contribution in [0.3, 0.4) is 0 Å². The lowest BCUT2D eigenvalue weighted by Crippen LogP contribution is -2.02. The number of hydrogen-bond donors (Lipinski definition) is 1. The van der Waals surface area contributed by atoms with Crippen molar-refractivity contribution >= 4 is 15.9 Å². The molecule has 0 bridgehead atoms. The van der Waals surface area contributed by atoms with Crippen molar-refractivity contribution in [3.8, 4) is 5.75 Å². The van der Waals surface area contributed by atoms with Gasteiger partial charge >= 0.3 is 0 Å². The number of aliphatic hydroxyl groups is 1. The quantitative estimate of drug-likeness (QED) is 0.842. The Balaban J connectivity index is 3.08. The second-order valence-electron chi connectivity index (χ2n) is 3.10. The number of halogens is 1. The molecule has 1 atom stereocenters. The van der Waals surface area contributed by atoms with Crippen molar-refractivity contribution in [1.82, 2.24) is 0 Å². The van der Waals surface area contributed by atoms with Crippen molar-refractivity contribution in [2.75, 3.05) is 12.4 Å². The normalized spacial score (nSPS) is 12.6. The predicted octanol–water partition coefficient (Wildman–Crippen LogP) is 2.69. The van der Waals surface area contributed by atoms with Gasteiger partial charge < -0.3 is 9.84 Å². The van der Waals surface area contributed by atoms with Gasteiger partial charge in [0.2, 0.25) is 0 Å². The van der Waals surface area contributed by atoms with E-state index in [1.165, 1.54) is 5.56 Å². The Morgan fingerprint density at radius 3 is 2.71 bits per heavy atom. The molecule has 1 rings (SSSR count). The zero-order valence-corrected chi connectivity index (χ0v) is 10.0. The molecule has 78 valence electrons. The zero-order chi connectivity index (χ0) is 10.6. The van der Waals surface area contributed by atoms with Crippen LogP contribution in [0, 0.1) is 0 Å². The fraction of sp³-hybridized carbons (Fsp3) is 0.455. The van der Waals surface area contributed by atoms with Gasteiger partial charge in [0.1, 0.15) is 5.75 Å². The maximum atomic E-state index is 9.73. The molecule has 0 saturated heterocycles. The lowest BCUT2D eigenvalue weighted by molar-refractivity contribution is 0.200. The van der Waals surface area contributed by atoms with Crippen LogP contribution in [0.25, 0.3) is 0 Å². The molecular weight excluding hydrogens is 244 g/mol. The molecule has 3 heteroatoms. The van der Waals surface area contributed by atoms with Crippen LogP contribution >= 0.6 is 15.9 Å². The smallest absolute Gasteiger partial charge is 0.124 e. The van der Waals surface area contributed by atoms with Crippen molar-refractivity contribution in [3.05, 3.63) is 29.3 Å². The molecule has 14 heavy (non-hydrogen) atoms. The summed E-state index contributed by atoms with van der Waals surface area (Å²) in [6.07, 6.45) is 0.461. The summed E-state index contributed by atoms with van der Waals surface area (Å²) in [5.74, 6) is 0.745. The highest BCUT2D eigenvalue weighted by Gasteiger charge is 2.12. The van der Waals surface area contributed by atoms with E-state index >= 15 is 0 Å². The number of aryl methyl sites for hydroxylation is 1. The fourth-order valence-corrected chi connectivity index (χ4v) is 1.70. The standard InChI is InChI=1S/C11H15BrO2/c1-3-8-4-5-11(14-2)9(6-8)10(13)7-12/h4-6,10,13H,3,7H2,1-2H3. The highest BCUT2D eigenvalue weighted by molar-refractivity contribution is 9.09. The van der Waals surface area contributed by atoms with Crippen LogP contribution in [-0.4, -0.2) is 17.5 Å². The Morgan fingerprint density at radius 1 is 1.50 bits per heavy atom. The van der Waals surface area contributed by atoms with E-state index in [0.717, 1.165) is 17.7 Å². The number of ether oxygens (including phenoxy) is 1. The van der Waals surface area contributed by atoms with Crippen LogP contribution < -0.4 is 4.74 Å². The first kappa shape index (κ1) is 11.5. The summed E-state index contributed by atoms with van der Waals surface area (Å²) in [6, 6.07) is 5.91. The monoisotopic (exact) mass is 258 g/mol. The van der Waals surface area contributed by atoms with Gasteiger partial charge in [0, 0.05) is 10.9 Å². The van der Waals surface area contributed by atoms with E-state index in [9.17, 15) is 5.11 Å². The topological polar surface area (TPSA) is 29.5 Å². The van der Waals surface area contributed by atoms with Crippen molar-refractivity contribution < 1.29 is 9.84 Å². The lowest BCUT2D eigenvalue weighted by Gasteiger charge is -2.13. The number of methoxy groups -OCH3 is 1. The third-order valence-electron chi connectivity index (χ3n) is 2.21. The van der Waals surface area contributed by atoms with Crippen LogP contribution in [0.4, 0.5) is 0 Å². The summed E-state index contributed by atoms with van der Waals surface area (Å²) >= 11 is 3.26. The minimum atomic E-state index is -0.503. The average molecular weight is 259 g/mol. The molecule has 1 unspecified atom stereocenters. The number of alkyl halides is 1. The highest BCUT2D eigenvalue weighted by atomic mass is 79.9. The average Bonchev–Trinajstić information content (AvgIpc) is 2.27. The first-order valence-corrected chi connectivity index (χ1v) is 5.75. The molecule has 0 aliphatic heterocycles. The van der Waals surface area contributed by atoms with Crippen molar-refractivity contribution in [2.24, 2.45) is 0 Å². The molecule has 0 aromatic heterocycles. The number of benzene rings is 1. The van der Waals surface area contributed by atoms with Crippen LogP contribution in [0.2, 0.25) is 0 Å². The third kappa shape index (κ3) is 2.49. The Kier molecular flexibility index (Phi) is 4.42. The van der Waals surface area contributed by atoms with E-state index in [1.807, 2.05) is 18.2 Å². The second-order valence-corrected chi connectivity index (χ2v) is 3.75. The van der Waals surface area contributed by atoms with Crippen molar-refractivity contribution in [3.63, 3.8) is 0 Å². The van der Waals surface area contributed by atoms with Crippen LogP contribution in [-0.2, 0) is 6.42 Å². The SMILES string of the molecule is CCc1ccc(OC)c(C(O)CBr)c1. The lowest BCUT2D eigenvalue weighted by atomic mass is 10.0. The predicted molar refractivity (Wildman–Crippen MR) is 61.1 cm³/mol. The second kappa shape index (κ2) is 5.37. The molecule has 0 heterocycles. The van der Waals surface area contributed by atoms with Crippen LogP contribution in [0.5, 0.6) is 5.75 Å². The molecule has 0 aliphatic rings. The van der Waals surface area contributed by atoms with Crippen molar-refractivity contribution in [2.45, 2.75) is 19.4 Å². The minimum absolute atomic E-state index is 0.503. The van der Waals surface area contributed by atoms with Crippen molar-refractivity contribution in [1.29, 1.82) is 0 Å². The summed E-state index contributed by atoms with van der Waals surface area (Å²) in [5, 5.41) is 10.3. The maximum absolute atomic E-state index is 9.73. The Bertz CT molecular complexity index is 299. The minimum Gasteiger partial charge on any atom is -0.496 e. The summed E-state index contributed by atoms with van der Waals surface area (Å²) in [4.78, 5) is 0. The summed E-state index contributed by atoms with van der Waals surface area (Å²) in [5.41, 5.74) is 2.06. The van der Waals surface area contributed by atoms with Gasteiger partial charge in [-0.3, -0.25) is 0 Å². The Labute approximate surface area is 93.0 Å². The molecule has 2 nitrogen and oxygen atoms in total. The summed E-state index contributed by atoms with van der Waals surface area (Å²) in [6.45, 7) is 2.09. The van der Waals surface area contributed by atoms with Gasteiger partial charge in [-0.1, -0.05) is 28.9 Å². The molecular formula is C11H15BrO2. The molecule has 1 N–H and O–H groups in total. The van der Waals surface area contributed by atoms with E-state index in [4.69, 9.17) is 4.74 Å². The molecule has 0 aliphatic carbocycles. The zero-order valence-electron chi connectivity index (χ0n) is 8.46. The maximum Gasteiger partial charge on any atom is 0.124 e. The number of aliphatic hydroxyl groups excluding tert-OH is 1. The Hall–Kier alpha value is -0.540. The highest BCUT2D eigenvalue weighted by Crippen LogP contribution is 2.27. The molecule has 0 fully saturated rings. The summed E-state index contributed by atoms with van der Waals surface area (Å²) < 4.78 is 5.19. The third-order valence-corrected chi connectivity index (χ3v) is 2.82. The molecule has 0 radical (unpaired) electrons. The molecule has 1 aromatic carbocycles. The van der Waals surface area contributed by atoms with Gasteiger partial charge in [-0.2, -0.15) is 0 Å².